The maximum absolute atomic E-state index is 5.87. The van der Waals surface area contributed by atoms with Crippen LogP contribution in [0.4, 0.5) is 0 Å². The van der Waals surface area contributed by atoms with Crippen molar-refractivity contribution in [2.75, 3.05) is 6.61 Å². The minimum absolute atomic E-state index is 0.159. The molecule has 1 saturated carbocycles. The first kappa shape index (κ1) is 13.5. The number of rotatable bonds is 7. The number of nitrogens with one attached hydrogen (secondary N) is 1. The average Bonchev–Trinajstić information content (AvgIpc) is 3.11. The second-order valence-electron chi connectivity index (χ2n) is 5.14. The molecule has 1 aromatic heterocycles. The van der Waals surface area contributed by atoms with Gasteiger partial charge in [-0.1, -0.05) is 0 Å². The molecule has 3 N–H and O–H groups in total. The lowest BCUT2D eigenvalue weighted by Gasteiger charge is -2.26. The summed E-state index contributed by atoms with van der Waals surface area (Å²) in [6.45, 7) is 4.79. The number of hydrogen-bond acceptors (Lipinski definition) is 4. The summed E-state index contributed by atoms with van der Waals surface area (Å²) >= 11 is 0. The Kier molecular flexibility index (Phi) is 4.37. The van der Waals surface area contributed by atoms with Gasteiger partial charge in [-0.05, 0) is 38.7 Å². The molecule has 2 atom stereocenters. The quantitative estimate of drug-likeness (QED) is 0.559. The van der Waals surface area contributed by atoms with Gasteiger partial charge in [-0.15, -0.1) is 0 Å². The number of hydrazine groups is 1. The summed E-state index contributed by atoms with van der Waals surface area (Å²) < 4.78 is 7.79. The van der Waals surface area contributed by atoms with Crippen molar-refractivity contribution in [2.24, 2.45) is 18.8 Å². The molecule has 102 valence electrons. The predicted octanol–water partition coefficient (Wildman–Crippen LogP) is 0.918. The third-order valence-electron chi connectivity index (χ3n) is 3.58. The molecule has 18 heavy (non-hydrogen) atoms. The largest absolute Gasteiger partial charge is 0.377 e. The molecule has 1 aliphatic rings. The van der Waals surface area contributed by atoms with E-state index in [2.05, 4.69) is 16.6 Å². The molecule has 0 aromatic carbocycles. The first-order valence-electron chi connectivity index (χ1n) is 6.73. The lowest BCUT2D eigenvalue weighted by atomic mass is 10.0. The third kappa shape index (κ3) is 3.10. The van der Waals surface area contributed by atoms with E-state index in [4.69, 9.17) is 10.6 Å². The van der Waals surface area contributed by atoms with Crippen LogP contribution in [0.5, 0.6) is 0 Å². The van der Waals surface area contributed by atoms with Crippen LogP contribution in [0.3, 0.4) is 0 Å². The zero-order valence-electron chi connectivity index (χ0n) is 11.5. The minimum Gasteiger partial charge on any atom is -0.377 e. The summed E-state index contributed by atoms with van der Waals surface area (Å²) in [5.74, 6) is 6.38. The van der Waals surface area contributed by atoms with Crippen molar-refractivity contribution in [1.82, 2.24) is 15.2 Å². The molecule has 1 aliphatic carbocycles. The predicted molar refractivity (Wildman–Crippen MR) is 70.9 cm³/mol. The fraction of sp³-hybridized carbons (Fsp3) is 0.769. The van der Waals surface area contributed by atoms with Gasteiger partial charge in [0.15, 0.2) is 0 Å². The summed E-state index contributed by atoms with van der Waals surface area (Å²) in [4.78, 5) is 0. The standard InChI is InChI=1S/C13H24N4O/c1-4-18-13(10-5-6-10)12(15-14)8-11-7-9(2)16-17(11)3/h7,10,12-13,15H,4-6,8,14H2,1-3H3. The van der Waals surface area contributed by atoms with Crippen LogP contribution in [0.25, 0.3) is 0 Å². The molecule has 5 nitrogen and oxygen atoms in total. The number of nitrogens with zero attached hydrogens (tertiary/aromatic N) is 2. The molecular weight excluding hydrogens is 228 g/mol. The molecule has 1 aromatic rings. The van der Waals surface area contributed by atoms with Gasteiger partial charge in [0.2, 0.25) is 0 Å². The number of aryl methyl sites for hydroxylation is 2. The van der Waals surface area contributed by atoms with Crippen LogP contribution in [0, 0.1) is 12.8 Å². The van der Waals surface area contributed by atoms with Gasteiger partial charge in [-0.3, -0.25) is 16.0 Å². The molecular formula is C13H24N4O. The number of hydrogen-bond donors (Lipinski definition) is 2. The maximum Gasteiger partial charge on any atom is 0.0773 e. The number of aromatic nitrogens is 2. The Bertz CT molecular complexity index is 386. The van der Waals surface area contributed by atoms with Gasteiger partial charge in [-0.2, -0.15) is 5.10 Å². The average molecular weight is 252 g/mol. The molecule has 0 amide bonds. The van der Waals surface area contributed by atoms with Gasteiger partial charge in [0.05, 0.1) is 17.8 Å². The van der Waals surface area contributed by atoms with Crippen molar-refractivity contribution >= 4 is 0 Å². The van der Waals surface area contributed by atoms with Crippen LogP contribution in [0.15, 0.2) is 6.07 Å². The van der Waals surface area contributed by atoms with Crippen molar-refractivity contribution in [3.63, 3.8) is 0 Å². The summed E-state index contributed by atoms with van der Waals surface area (Å²) in [7, 11) is 1.97. The van der Waals surface area contributed by atoms with E-state index in [1.54, 1.807) is 0 Å². The van der Waals surface area contributed by atoms with Crippen LogP contribution >= 0.6 is 0 Å². The van der Waals surface area contributed by atoms with Crippen LogP contribution in [-0.4, -0.2) is 28.5 Å². The van der Waals surface area contributed by atoms with Gasteiger partial charge in [0.1, 0.15) is 0 Å². The van der Waals surface area contributed by atoms with Crippen LogP contribution < -0.4 is 11.3 Å². The summed E-state index contributed by atoms with van der Waals surface area (Å²) in [6, 6.07) is 2.27. The Morgan fingerprint density at radius 3 is 2.78 bits per heavy atom. The second-order valence-corrected chi connectivity index (χ2v) is 5.14. The summed E-state index contributed by atoms with van der Waals surface area (Å²) in [5.41, 5.74) is 5.17. The van der Waals surface area contributed by atoms with E-state index in [9.17, 15) is 0 Å². The lowest BCUT2D eigenvalue weighted by Crippen LogP contribution is -2.48. The first-order chi connectivity index (χ1) is 8.65. The molecule has 1 heterocycles. The van der Waals surface area contributed by atoms with E-state index >= 15 is 0 Å². The Morgan fingerprint density at radius 1 is 1.61 bits per heavy atom. The molecule has 0 radical (unpaired) electrons. The van der Waals surface area contributed by atoms with E-state index in [0.29, 0.717) is 5.92 Å². The Morgan fingerprint density at radius 2 is 2.33 bits per heavy atom. The zero-order valence-corrected chi connectivity index (χ0v) is 11.5. The fourth-order valence-electron chi connectivity index (χ4n) is 2.55. The summed E-state index contributed by atoms with van der Waals surface area (Å²) in [5, 5.41) is 4.37. The highest BCUT2D eigenvalue weighted by Gasteiger charge is 2.37. The van der Waals surface area contributed by atoms with Crippen molar-refractivity contribution in [2.45, 2.75) is 45.3 Å². The SMILES string of the molecule is CCOC(C1CC1)C(Cc1cc(C)nn1C)NN. The Balaban J connectivity index is 2.05. The monoisotopic (exact) mass is 252 g/mol. The Labute approximate surface area is 109 Å². The highest BCUT2D eigenvalue weighted by molar-refractivity contribution is 5.11. The lowest BCUT2D eigenvalue weighted by molar-refractivity contribution is 0.0188. The molecule has 0 spiro atoms. The van der Waals surface area contributed by atoms with Crippen molar-refractivity contribution in [3.05, 3.63) is 17.5 Å². The van der Waals surface area contributed by atoms with Crippen LogP contribution in [0.1, 0.15) is 31.2 Å². The zero-order chi connectivity index (χ0) is 13.1. The first-order valence-corrected chi connectivity index (χ1v) is 6.73. The highest BCUT2D eigenvalue weighted by Crippen LogP contribution is 2.36. The van der Waals surface area contributed by atoms with E-state index in [1.165, 1.54) is 18.5 Å². The van der Waals surface area contributed by atoms with Gasteiger partial charge < -0.3 is 4.74 Å². The molecule has 1 fully saturated rings. The van der Waals surface area contributed by atoms with E-state index in [1.807, 2.05) is 25.6 Å². The van der Waals surface area contributed by atoms with Gasteiger partial charge in [0, 0.05) is 25.8 Å². The van der Waals surface area contributed by atoms with Crippen molar-refractivity contribution in [1.29, 1.82) is 0 Å². The van der Waals surface area contributed by atoms with E-state index in [-0.39, 0.29) is 12.1 Å². The van der Waals surface area contributed by atoms with Crippen molar-refractivity contribution in [3.8, 4) is 0 Å². The van der Waals surface area contributed by atoms with Crippen LogP contribution in [0.2, 0.25) is 0 Å². The minimum atomic E-state index is 0.159. The highest BCUT2D eigenvalue weighted by atomic mass is 16.5. The molecule has 2 unspecified atom stereocenters. The molecule has 0 saturated heterocycles. The maximum atomic E-state index is 5.87. The van der Waals surface area contributed by atoms with E-state index < -0.39 is 0 Å². The number of ether oxygens (including phenoxy) is 1. The topological polar surface area (TPSA) is 65.1 Å². The van der Waals surface area contributed by atoms with Gasteiger partial charge in [0.25, 0.3) is 0 Å². The normalized spacial score (nSPS) is 18.9. The molecule has 2 rings (SSSR count). The molecule has 0 aliphatic heterocycles. The van der Waals surface area contributed by atoms with Crippen LogP contribution in [-0.2, 0) is 18.2 Å². The Hall–Kier alpha value is -0.910. The third-order valence-corrected chi connectivity index (χ3v) is 3.58. The smallest absolute Gasteiger partial charge is 0.0773 e. The number of nitrogens with two attached hydrogens (primary N) is 1. The van der Waals surface area contributed by atoms with Gasteiger partial charge in [-0.25, -0.2) is 0 Å². The second kappa shape index (κ2) is 5.82. The molecule has 5 heteroatoms. The molecule has 0 bridgehead atoms. The van der Waals surface area contributed by atoms with E-state index in [0.717, 1.165) is 18.7 Å². The van der Waals surface area contributed by atoms with Gasteiger partial charge >= 0.3 is 0 Å². The summed E-state index contributed by atoms with van der Waals surface area (Å²) in [6.07, 6.45) is 3.59. The fourth-order valence-corrected chi connectivity index (χ4v) is 2.55. The van der Waals surface area contributed by atoms with Crippen molar-refractivity contribution < 1.29 is 4.74 Å².